The Bertz CT molecular complexity index is 657. The van der Waals surface area contributed by atoms with Crippen molar-refractivity contribution >= 4 is 23.5 Å². The first-order valence-electron chi connectivity index (χ1n) is 16.5. The van der Waals surface area contributed by atoms with Crippen molar-refractivity contribution in [2.75, 3.05) is 46.2 Å². The van der Waals surface area contributed by atoms with E-state index in [0.29, 0.717) is 63.7 Å². The maximum absolute atomic E-state index is 13.9. The summed E-state index contributed by atoms with van der Waals surface area (Å²) in [7, 11) is -5.74. The minimum absolute atomic E-state index is 0.0992. The molecule has 0 heterocycles. The first-order valence-corrected chi connectivity index (χ1v) is 20.4. The number of aliphatic hydroxyl groups is 1. The summed E-state index contributed by atoms with van der Waals surface area (Å²) in [4.78, 5) is 15.9. The molecule has 0 aromatic heterocycles. The van der Waals surface area contributed by atoms with Crippen LogP contribution in [0.4, 0.5) is 0 Å². The van der Waals surface area contributed by atoms with E-state index in [1.807, 2.05) is 53.4 Å². The summed E-state index contributed by atoms with van der Waals surface area (Å²) in [6, 6.07) is 1.01. The van der Waals surface area contributed by atoms with Crippen molar-refractivity contribution in [3.63, 3.8) is 0 Å². The molecule has 0 fully saturated rings. The van der Waals surface area contributed by atoms with E-state index in [9.17, 15) is 9.90 Å². The van der Waals surface area contributed by atoms with E-state index in [4.69, 9.17) is 26.6 Å². The molecule has 0 aromatic rings. The van der Waals surface area contributed by atoms with Gasteiger partial charge in [-0.15, -0.1) is 0 Å². The Morgan fingerprint density at radius 1 is 0.714 bits per heavy atom. The van der Waals surface area contributed by atoms with E-state index in [1.54, 1.807) is 6.92 Å². The Kier molecular flexibility index (Phi) is 22.5. The van der Waals surface area contributed by atoms with Crippen LogP contribution in [0.15, 0.2) is 12.2 Å². The van der Waals surface area contributed by atoms with Gasteiger partial charge in [0.05, 0.1) is 12.6 Å². The zero-order valence-electron chi connectivity index (χ0n) is 28.6. The molecule has 1 amide bonds. The molecule has 0 aliphatic heterocycles. The summed E-state index contributed by atoms with van der Waals surface area (Å²) in [6.45, 7) is 24.8. The number of rotatable bonds is 28. The summed E-state index contributed by atoms with van der Waals surface area (Å²) < 4.78 is 37.0. The fourth-order valence-corrected chi connectivity index (χ4v) is 11.1. The molecule has 250 valence electrons. The summed E-state index contributed by atoms with van der Waals surface area (Å²) in [5.74, 6) is -0.0992. The second kappa shape index (κ2) is 22.8. The molecule has 0 aromatic carbocycles. The van der Waals surface area contributed by atoms with Crippen LogP contribution < -0.4 is 0 Å². The molecule has 0 aliphatic rings. The predicted molar refractivity (Wildman–Crippen MR) is 174 cm³/mol. The maximum atomic E-state index is 13.9. The van der Waals surface area contributed by atoms with Crippen LogP contribution >= 0.6 is 0 Å². The minimum atomic E-state index is -2.87. The van der Waals surface area contributed by atoms with Crippen LogP contribution in [0.25, 0.3) is 0 Å². The van der Waals surface area contributed by atoms with Gasteiger partial charge < -0.3 is 36.6 Å². The third-order valence-corrected chi connectivity index (χ3v) is 13.9. The third kappa shape index (κ3) is 13.2. The number of hydrogen-bond donors (Lipinski definition) is 1. The first-order chi connectivity index (χ1) is 20.1. The quantitative estimate of drug-likeness (QED) is 0.0745. The number of hydrogen-bond acceptors (Lipinski definition) is 8. The average molecular weight is 636 g/mol. The normalized spacial score (nSPS) is 13.4. The summed E-state index contributed by atoms with van der Waals surface area (Å²) >= 11 is 0. The Hall–Kier alpha value is -0.636. The standard InChI is InChI=1S/C31H65NO8Si2/c1-11-19-22-31(32(29(12-2)27-33)30(34)28(9)10,23-20-25-41(35-13-3,36-14-4)37-15-5)24-21-26-42(38-16-6,39-17-7)40-18-8/h29,33H,9,11-27H2,1-8,10H3. The second-order valence-corrected chi connectivity index (χ2v) is 16.2. The largest absolute Gasteiger partial charge is 0.500 e. The van der Waals surface area contributed by atoms with Crippen LogP contribution in [0.3, 0.4) is 0 Å². The van der Waals surface area contributed by atoms with Crippen LogP contribution in [0, 0.1) is 0 Å². The lowest BCUT2D eigenvalue weighted by molar-refractivity contribution is -0.140. The number of carbonyl (C=O) groups is 1. The van der Waals surface area contributed by atoms with Gasteiger partial charge in [-0.05, 0) is 87.0 Å². The molecule has 0 rings (SSSR count). The molecular formula is C31H65NO8Si2. The molecule has 0 aliphatic carbocycles. The number of carbonyl (C=O) groups excluding carboxylic acids is 1. The van der Waals surface area contributed by atoms with Crippen molar-refractivity contribution in [3.8, 4) is 0 Å². The second-order valence-electron chi connectivity index (χ2n) is 10.7. The van der Waals surface area contributed by atoms with Crippen LogP contribution in [0.2, 0.25) is 12.1 Å². The summed E-state index contributed by atoms with van der Waals surface area (Å²) in [5.41, 5.74) is -0.0310. The van der Waals surface area contributed by atoms with Crippen LogP contribution in [-0.4, -0.2) is 91.4 Å². The van der Waals surface area contributed by atoms with Gasteiger partial charge in [-0.25, -0.2) is 0 Å². The fourth-order valence-electron chi connectivity index (χ4n) is 5.88. The molecule has 0 saturated carbocycles. The molecular weight excluding hydrogens is 571 g/mol. The molecule has 42 heavy (non-hydrogen) atoms. The number of amides is 1. The predicted octanol–water partition coefficient (Wildman–Crippen LogP) is 6.75. The molecule has 0 spiro atoms. The molecule has 0 saturated heterocycles. The lowest BCUT2D eigenvalue weighted by Gasteiger charge is -2.49. The SMILES string of the molecule is C=C(C)C(=O)N(C(CC)CO)C(CCCC)(CCC[Si](OCC)(OCC)OCC)CCC[Si](OCC)(OCC)OCC. The zero-order chi connectivity index (χ0) is 32.1. The van der Waals surface area contributed by atoms with Gasteiger partial charge in [0.2, 0.25) is 5.91 Å². The highest BCUT2D eigenvalue weighted by Crippen LogP contribution is 2.39. The fraction of sp³-hybridized carbons (Fsp3) is 0.903. The third-order valence-electron chi connectivity index (χ3n) is 7.57. The van der Waals surface area contributed by atoms with E-state index in [-0.39, 0.29) is 18.6 Å². The molecule has 11 heteroatoms. The zero-order valence-corrected chi connectivity index (χ0v) is 30.6. The van der Waals surface area contributed by atoms with Gasteiger partial charge in [0.25, 0.3) is 0 Å². The Labute approximate surface area is 260 Å². The van der Waals surface area contributed by atoms with Gasteiger partial charge in [0, 0.05) is 62.8 Å². The number of unbranched alkanes of at least 4 members (excludes halogenated alkanes) is 1. The van der Waals surface area contributed by atoms with E-state index in [0.717, 1.165) is 44.9 Å². The van der Waals surface area contributed by atoms with Crippen molar-refractivity contribution in [1.82, 2.24) is 4.90 Å². The van der Waals surface area contributed by atoms with Crippen LogP contribution in [0.1, 0.15) is 114 Å². The van der Waals surface area contributed by atoms with Gasteiger partial charge >= 0.3 is 17.6 Å². The minimum Gasteiger partial charge on any atom is -0.394 e. The van der Waals surface area contributed by atoms with Crippen molar-refractivity contribution in [2.45, 2.75) is 137 Å². The molecule has 9 nitrogen and oxygen atoms in total. The molecule has 1 N–H and O–H groups in total. The van der Waals surface area contributed by atoms with Gasteiger partial charge in [0.15, 0.2) is 0 Å². The molecule has 1 unspecified atom stereocenters. The first kappa shape index (κ1) is 41.4. The maximum Gasteiger partial charge on any atom is 0.500 e. The van der Waals surface area contributed by atoms with Crippen molar-refractivity contribution < 1.29 is 36.5 Å². The van der Waals surface area contributed by atoms with Crippen LogP contribution in [0.5, 0.6) is 0 Å². The monoisotopic (exact) mass is 635 g/mol. The Morgan fingerprint density at radius 3 is 1.33 bits per heavy atom. The van der Waals surface area contributed by atoms with Crippen LogP contribution in [-0.2, 0) is 31.4 Å². The van der Waals surface area contributed by atoms with E-state index < -0.39 is 23.1 Å². The Balaban J connectivity index is 6.71. The van der Waals surface area contributed by atoms with E-state index >= 15 is 0 Å². The highest BCUT2D eigenvalue weighted by molar-refractivity contribution is 6.61. The van der Waals surface area contributed by atoms with Gasteiger partial charge in [-0.1, -0.05) is 33.3 Å². The average Bonchev–Trinajstić information content (AvgIpc) is 2.95. The van der Waals surface area contributed by atoms with E-state index in [1.165, 1.54) is 0 Å². The lowest BCUT2D eigenvalue weighted by atomic mass is 9.80. The van der Waals surface area contributed by atoms with Gasteiger partial charge in [-0.3, -0.25) is 4.79 Å². The van der Waals surface area contributed by atoms with Crippen molar-refractivity contribution in [3.05, 3.63) is 12.2 Å². The smallest absolute Gasteiger partial charge is 0.394 e. The number of nitrogens with zero attached hydrogens (tertiary/aromatic N) is 1. The lowest BCUT2D eigenvalue weighted by Crippen LogP contribution is -2.58. The van der Waals surface area contributed by atoms with Crippen molar-refractivity contribution in [1.29, 1.82) is 0 Å². The Morgan fingerprint density at radius 2 is 1.07 bits per heavy atom. The highest BCUT2D eigenvalue weighted by atomic mass is 28.4. The topological polar surface area (TPSA) is 95.9 Å². The highest BCUT2D eigenvalue weighted by Gasteiger charge is 2.46. The summed E-state index contributed by atoms with van der Waals surface area (Å²) in [5, 5.41) is 10.5. The molecule has 0 radical (unpaired) electrons. The van der Waals surface area contributed by atoms with Gasteiger partial charge in [0.1, 0.15) is 0 Å². The summed E-state index contributed by atoms with van der Waals surface area (Å²) in [6.07, 6.45) is 6.42. The van der Waals surface area contributed by atoms with E-state index in [2.05, 4.69) is 13.5 Å². The molecule has 0 bridgehead atoms. The number of aliphatic hydroxyl groups excluding tert-OH is 1. The van der Waals surface area contributed by atoms with Crippen molar-refractivity contribution in [2.24, 2.45) is 0 Å². The van der Waals surface area contributed by atoms with Gasteiger partial charge in [-0.2, -0.15) is 0 Å². The molecule has 1 atom stereocenters.